The monoisotopic (exact) mass is 1590 g/mol. The van der Waals surface area contributed by atoms with Gasteiger partial charge in [0.25, 0.3) is 17.7 Å². The summed E-state index contributed by atoms with van der Waals surface area (Å²) in [6, 6.07) is 51.1. The minimum Gasteiger partial charge on any atom is -0.388 e. The predicted octanol–water partition coefficient (Wildman–Crippen LogP) is 16.0. The molecule has 592 valence electrons. The molecular weight excluding hydrogens is 1500 g/mol. The number of aromatic nitrogens is 12. The number of aliphatic hydroxyl groups excluding tert-OH is 1. The number of rotatable bonds is 28. The quantitative estimate of drug-likeness (QED) is 0.0125. The lowest BCUT2D eigenvalue weighted by Crippen LogP contribution is -2.27. The van der Waals surface area contributed by atoms with E-state index < -0.39 is 15.3 Å². The maximum Gasteiger partial charge on any atom is 0.274 e. The molecule has 0 aliphatic heterocycles. The standard InChI is InChI=1S/C27H26N6O.C27H30N6O.C24H24N4O2.C4H13N3.C3H4N2.Cl2OS/c1-19-15-26(33(31-19)24-8-4-6-22(17-24)28-2)27(34)30-23-7-3-5-21(16-23)25(12-11-20-9-10-20)32-14-13-29-18-32;1-19-14-26(33(31-19)24-7-2-4-21(15-24)17-28)27(34)30-23-6-3-5-22(16-23)25(11-10-20-8-9-20)32-13-12-29-18-32;1-16-13-22(28(27-16)21-8-4-6-19(15-21)25-2)24(30)26-20-7-3-5-18(14-20)23(29)12-11-17-9-10-17;5-1-3-7-4-2-6;1-2-5-3-4-1;1-4(2)3/h3-8,13-18,20,25H,9-12H2,1H3,(H,30,34);2-7,12-16,18,20,25H,8-11,17,28H2,1H3,(H,30,34);3-8,13-15,17,23,29H,9-12H2,1H3,(H,26,30);7H,1-6H2;1-3H,(H,4,5);. The van der Waals surface area contributed by atoms with Gasteiger partial charge in [0.1, 0.15) is 17.1 Å². The zero-order valence-corrected chi connectivity index (χ0v) is 66.4. The van der Waals surface area contributed by atoms with Crippen molar-refractivity contribution in [1.29, 1.82) is 0 Å². The van der Waals surface area contributed by atoms with Crippen LogP contribution in [0.25, 0.3) is 26.8 Å². The minimum absolute atomic E-state index is 0.184. The van der Waals surface area contributed by atoms with Crippen molar-refractivity contribution in [3.8, 4) is 17.1 Å². The molecule has 3 fully saturated rings. The van der Waals surface area contributed by atoms with Crippen LogP contribution in [0.15, 0.2) is 220 Å². The number of benzene rings is 6. The summed E-state index contributed by atoms with van der Waals surface area (Å²) >= 11 is 0. The molecule has 0 saturated heterocycles. The summed E-state index contributed by atoms with van der Waals surface area (Å²) in [6.45, 7) is 23.6. The maximum atomic E-state index is 13.3. The molecule has 6 aromatic carbocycles. The summed E-state index contributed by atoms with van der Waals surface area (Å²) in [5.74, 6) is 1.73. The number of aromatic amines is 1. The molecule has 12 aromatic rings. The van der Waals surface area contributed by atoms with Gasteiger partial charge >= 0.3 is 0 Å². The summed E-state index contributed by atoms with van der Waals surface area (Å²) in [4.78, 5) is 61.4. The fourth-order valence-electron chi connectivity index (χ4n) is 12.8. The Labute approximate surface area is 676 Å². The van der Waals surface area contributed by atoms with E-state index in [1.807, 2.05) is 149 Å². The number of aryl methyl sites for hydroxylation is 3. The van der Waals surface area contributed by atoms with Crippen LogP contribution in [0.1, 0.15) is 166 Å². The number of imidazole rings is 3. The number of carbonyl (C=O) groups is 3. The van der Waals surface area contributed by atoms with Crippen LogP contribution >= 0.6 is 21.4 Å². The first-order valence-electron chi connectivity index (χ1n) is 38.0. The van der Waals surface area contributed by atoms with Crippen LogP contribution in [0, 0.1) is 51.7 Å². The number of hydrogen-bond acceptors (Lipinski definition) is 15. The first kappa shape index (κ1) is 84.9. The molecule has 12 N–H and O–H groups in total. The number of halogens is 2. The van der Waals surface area contributed by atoms with Crippen molar-refractivity contribution in [2.45, 2.75) is 123 Å². The number of carbonyl (C=O) groups excluding carboxylic acids is 3. The van der Waals surface area contributed by atoms with Crippen molar-refractivity contribution in [3.63, 3.8) is 0 Å². The number of amides is 3. The smallest absolute Gasteiger partial charge is 0.274 e. The van der Waals surface area contributed by atoms with E-state index in [1.54, 1.807) is 87.4 Å². The number of anilines is 3. The van der Waals surface area contributed by atoms with E-state index in [9.17, 15) is 19.5 Å². The highest BCUT2D eigenvalue weighted by molar-refractivity contribution is 8.26. The highest BCUT2D eigenvalue weighted by Gasteiger charge is 2.28. The molecule has 6 aromatic heterocycles. The Morgan fingerprint density at radius 1 is 0.526 bits per heavy atom. The number of nitrogens with zero attached hydrogens (tertiary/aromatic N) is 13. The molecule has 3 aliphatic rings. The van der Waals surface area contributed by atoms with E-state index in [0.717, 1.165) is 107 Å². The van der Waals surface area contributed by atoms with E-state index in [4.69, 9.17) is 34.6 Å². The van der Waals surface area contributed by atoms with Gasteiger partial charge in [-0.1, -0.05) is 111 Å². The molecular formula is C85H97Cl2N21O5S. The molecule has 3 saturated carbocycles. The topological polar surface area (TPSA) is 341 Å². The fraction of sp³-hybridized carbons (Fsp3) is 0.306. The van der Waals surface area contributed by atoms with Crippen molar-refractivity contribution in [1.82, 2.24) is 63.7 Å². The van der Waals surface area contributed by atoms with Crippen molar-refractivity contribution in [3.05, 3.63) is 299 Å². The Hall–Kier alpha value is -11.5. The zero-order valence-electron chi connectivity index (χ0n) is 64.1. The van der Waals surface area contributed by atoms with Gasteiger partial charge in [-0.05, 0) is 190 Å². The van der Waals surface area contributed by atoms with Gasteiger partial charge in [-0.15, -0.1) is 0 Å². The van der Waals surface area contributed by atoms with Crippen molar-refractivity contribution < 1.29 is 23.7 Å². The van der Waals surface area contributed by atoms with E-state index in [-0.39, 0.29) is 29.8 Å². The lowest BCUT2D eigenvalue weighted by Gasteiger charge is -2.20. The molecule has 3 aliphatic carbocycles. The SMILES string of the molecule is Cc1cc(C(=O)Nc2cccc(C(CCC3CC3)n3ccnc3)c2)n(-c2cccc(CN)c2)n1.NCCNCCN.O=S(Cl)Cl.[C-]#[N+]c1cccc(-n2nc(C)cc2C(=O)Nc2cccc(C(CCC3CC3)n3ccnc3)c2)c1.[C-]#[N+]c1cccc(-n2nc(C)cc2C(=O)Nc2cccc(C(O)CCC3CC3)c2)c1.c1c[nH]cn1. The Morgan fingerprint density at radius 3 is 1.26 bits per heavy atom. The maximum absolute atomic E-state index is 13.3. The second-order valence-corrected chi connectivity index (χ2v) is 30.6. The first-order chi connectivity index (χ1) is 55.4. The van der Waals surface area contributed by atoms with Crippen LogP contribution in [0.5, 0.6) is 0 Å². The Balaban J connectivity index is 0.000000165. The Kier molecular flexibility index (Phi) is 32.4. The van der Waals surface area contributed by atoms with Gasteiger partial charge in [-0.3, -0.25) is 14.4 Å². The lowest BCUT2D eigenvalue weighted by atomic mass is 9.99. The number of aliphatic hydroxyl groups is 1. The third kappa shape index (κ3) is 26.6. The molecule has 15 rings (SSSR count). The van der Waals surface area contributed by atoms with E-state index in [0.29, 0.717) is 70.8 Å². The van der Waals surface area contributed by atoms with E-state index in [2.05, 4.69) is 115 Å². The van der Waals surface area contributed by atoms with Gasteiger partial charge in [0.2, 0.25) is 9.23 Å². The van der Waals surface area contributed by atoms with Crippen molar-refractivity contribution >= 4 is 76.7 Å². The highest BCUT2D eigenvalue weighted by atomic mass is 36.0. The summed E-state index contributed by atoms with van der Waals surface area (Å²) in [5.41, 5.74) is 29.0. The zero-order chi connectivity index (χ0) is 80.7. The number of nitrogens with one attached hydrogen (secondary N) is 5. The van der Waals surface area contributed by atoms with Crippen molar-refractivity contribution in [2.24, 2.45) is 35.0 Å². The largest absolute Gasteiger partial charge is 0.388 e. The number of nitrogens with two attached hydrogens (primary N) is 3. The highest BCUT2D eigenvalue weighted by Crippen LogP contribution is 2.40. The molecule has 114 heavy (non-hydrogen) atoms. The van der Waals surface area contributed by atoms with Crippen LogP contribution in [0.2, 0.25) is 0 Å². The molecule has 29 heteroatoms. The number of H-pyrrole nitrogens is 1. The molecule has 3 atom stereocenters. The van der Waals surface area contributed by atoms with Gasteiger partial charge in [0, 0.05) is 108 Å². The second kappa shape index (κ2) is 43.5. The van der Waals surface area contributed by atoms with Crippen LogP contribution in [-0.2, 0) is 15.8 Å². The average Bonchev–Trinajstić information content (AvgIpc) is 1.66. The minimum atomic E-state index is -1.67. The Morgan fingerprint density at radius 2 is 0.912 bits per heavy atom. The van der Waals surface area contributed by atoms with Crippen LogP contribution in [0.3, 0.4) is 0 Å². The van der Waals surface area contributed by atoms with Crippen LogP contribution in [-0.4, -0.2) is 112 Å². The average molecular weight is 1600 g/mol. The summed E-state index contributed by atoms with van der Waals surface area (Å²) in [7, 11) is 7.36. The summed E-state index contributed by atoms with van der Waals surface area (Å²) in [6.07, 6.45) is 30.1. The van der Waals surface area contributed by atoms with Gasteiger partial charge in [0.15, 0.2) is 11.4 Å². The van der Waals surface area contributed by atoms with E-state index >= 15 is 0 Å². The van der Waals surface area contributed by atoms with Crippen molar-refractivity contribution in [2.75, 3.05) is 42.1 Å². The fourth-order valence-corrected chi connectivity index (χ4v) is 12.8. The van der Waals surface area contributed by atoms with Gasteiger partial charge in [-0.2, -0.15) is 15.3 Å². The molecule has 0 radical (unpaired) electrons. The normalized spacial score (nSPS) is 13.3. The summed E-state index contributed by atoms with van der Waals surface area (Å²) < 4.78 is 18.2. The molecule has 26 nitrogen and oxygen atoms in total. The molecule has 3 unspecified atom stereocenters. The molecule has 3 amide bonds. The molecule has 0 bridgehead atoms. The Bertz CT molecular complexity index is 5110. The lowest BCUT2D eigenvalue weighted by molar-refractivity contribution is 0.101. The van der Waals surface area contributed by atoms with Gasteiger partial charge in [-0.25, -0.2) is 42.9 Å². The van der Waals surface area contributed by atoms with Crippen LogP contribution < -0.4 is 38.5 Å². The third-order valence-corrected chi connectivity index (χ3v) is 19.0. The predicted molar refractivity (Wildman–Crippen MR) is 449 cm³/mol. The molecule has 6 heterocycles. The first-order valence-corrected chi connectivity index (χ1v) is 40.8. The summed E-state index contributed by atoms with van der Waals surface area (Å²) in [5, 5.41) is 36.0. The van der Waals surface area contributed by atoms with Crippen LogP contribution in [0.4, 0.5) is 28.4 Å². The second-order valence-electron chi connectivity index (χ2n) is 28.0. The van der Waals surface area contributed by atoms with Gasteiger partial charge < -0.3 is 57.7 Å². The number of hydrogen-bond donors (Lipinski definition) is 9. The molecule has 0 spiro atoms. The van der Waals surface area contributed by atoms with E-state index in [1.165, 1.54) is 51.4 Å². The third-order valence-electron chi connectivity index (χ3n) is 19.0. The van der Waals surface area contributed by atoms with Gasteiger partial charge in [0.05, 0.1) is 84.5 Å².